The lowest BCUT2D eigenvalue weighted by molar-refractivity contribution is -0.191. The summed E-state index contributed by atoms with van der Waals surface area (Å²) in [5.74, 6) is -0.380. The number of hydrogen-bond acceptors (Lipinski definition) is 2. The number of alkyl halides is 3. The molecule has 0 radical (unpaired) electrons. The highest BCUT2D eigenvalue weighted by Crippen LogP contribution is 2.44. The zero-order valence-electron chi connectivity index (χ0n) is 16.6. The molecule has 0 unspecified atom stereocenters. The lowest BCUT2D eigenvalue weighted by Gasteiger charge is -2.32. The largest absolute Gasteiger partial charge is 0.409 e. The van der Waals surface area contributed by atoms with Crippen LogP contribution in [0.15, 0.2) is 36.4 Å². The molecule has 0 aromatic heterocycles. The Morgan fingerprint density at radius 2 is 1.86 bits per heavy atom. The number of halogens is 3. The Hall–Kier alpha value is -2.08. The standard InChI is InChI=1S/C22H27F3N2O/c1-4-5-6-10-16-13-12-15-9-7-8-11-17(15)18(16)19(22(23,24)25)27-14-21(2,3)20(28)26-27/h7-9,11-13,19H,4-6,10,14H2,1-3H3,(H,26,28)/t19-/m0/s1. The van der Waals surface area contributed by atoms with Gasteiger partial charge in [0.2, 0.25) is 5.91 Å². The SMILES string of the molecule is CCCCCc1ccc2ccccc2c1[C@H](N1CC(C)(C)C(=O)N1)C(F)(F)F. The summed E-state index contributed by atoms with van der Waals surface area (Å²) in [6.45, 7) is 5.41. The fourth-order valence-electron chi connectivity index (χ4n) is 3.92. The lowest BCUT2D eigenvalue weighted by atomic mass is 9.89. The number of unbranched alkanes of at least 4 members (excludes halogenated alkanes) is 2. The Labute approximate surface area is 163 Å². The van der Waals surface area contributed by atoms with E-state index in [2.05, 4.69) is 12.3 Å². The summed E-state index contributed by atoms with van der Waals surface area (Å²) in [6, 6.07) is 8.99. The molecule has 1 amide bonds. The third-order valence-electron chi connectivity index (χ3n) is 5.43. The third-order valence-corrected chi connectivity index (χ3v) is 5.43. The molecule has 1 N–H and O–H groups in total. The van der Waals surface area contributed by atoms with Crippen LogP contribution in [0, 0.1) is 5.41 Å². The number of amides is 1. The number of aryl methyl sites for hydroxylation is 1. The molecule has 1 aliphatic rings. The van der Waals surface area contributed by atoms with Crippen molar-refractivity contribution in [3.05, 3.63) is 47.5 Å². The molecule has 2 aromatic carbocycles. The van der Waals surface area contributed by atoms with Gasteiger partial charge in [0.1, 0.15) is 0 Å². The van der Waals surface area contributed by atoms with Gasteiger partial charge in [0.05, 0.1) is 5.41 Å². The number of nitrogens with zero attached hydrogens (tertiary/aromatic N) is 1. The molecule has 1 atom stereocenters. The fourth-order valence-corrected chi connectivity index (χ4v) is 3.92. The smallest absolute Gasteiger partial charge is 0.287 e. The van der Waals surface area contributed by atoms with E-state index in [0.717, 1.165) is 29.7 Å². The van der Waals surface area contributed by atoms with Crippen molar-refractivity contribution in [3.63, 3.8) is 0 Å². The van der Waals surface area contributed by atoms with Crippen molar-refractivity contribution in [1.29, 1.82) is 0 Å². The first-order valence-corrected chi connectivity index (χ1v) is 9.80. The molecule has 1 fully saturated rings. The van der Waals surface area contributed by atoms with E-state index in [1.807, 2.05) is 24.3 Å². The Morgan fingerprint density at radius 3 is 2.46 bits per heavy atom. The normalized spacial score (nSPS) is 18.4. The van der Waals surface area contributed by atoms with Crippen molar-refractivity contribution < 1.29 is 18.0 Å². The molecule has 0 aliphatic carbocycles. The molecule has 28 heavy (non-hydrogen) atoms. The molecule has 1 saturated heterocycles. The van der Waals surface area contributed by atoms with Gasteiger partial charge in [-0.05, 0) is 48.6 Å². The van der Waals surface area contributed by atoms with E-state index in [1.165, 1.54) is 0 Å². The van der Waals surface area contributed by atoms with Crippen molar-refractivity contribution in [2.45, 2.75) is 58.7 Å². The Kier molecular flexibility index (Phi) is 5.71. The highest BCUT2D eigenvalue weighted by Gasteiger charge is 2.52. The van der Waals surface area contributed by atoms with Gasteiger partial charge in [-0.25, -0.2) is 5.01 Å². The van der Waals surface area contributed by atoms with Crippen LogP contribution in [0.5, 0.6) is 0 Å². The predicted molar refractivity (Wildman–Crippen MR) is 105 cm³/mol. The van der Waals surface area contributed by atoms with E-state index >= 15 is 0 Å². The van der Waals surface area contributed by atoms with Gasteiger partial charge in [0, 0.05) is 6.54 Å². The summed E-state index contributed by atoms with van der Waals surface area (Å²) in [5, 5.41) is 2.45. The summed E-state index contributed by atoms with van der Waals surface area (Å²) < 4.78 is 43.0. The lowest BCUT2D eigenvalue weighted by Crippen LogP contribution is -2.44. The third kappa shape index (κ3) is 4.02. The number of carbonyl (C=O) groups excluding carboxylic acids is 1. The van der Waals surface area contributed by atoms with Crippen LogP contribution in [0.2, 0.25) is 0 Å². The number of fused-ring (bicyclic) bond motifs is 1. The molecule has 1 heterocycles. The van der Waals surface area contributed by atoms with Crippen molar-refractivity contribution >= 4 is 16.7 Å². The average molecular weight is 392 g/mol. The predicted octanol–water partition coefficient (Wildman–Crippen LogP) is 5.55. The van der Waals surface area contributed by atoms with Crippen LogP contribution in [0.25, 0.3) is 10.8 Å². The molecule has 3 nitrogen and oxygen atoms in total. The van der Waals surface area contributed by atoms with Crippen LogP contribution in [0.1, 0.15) is 57.2 Å². The monoisotopic (exact) mass is 392 g/mol. The Balaban J connectivity index is 2.15. The maximum atomic E-state index is 14.3. The van der Waals surface area contributed by atoms with Crippen molar-refractivity contribution in [3.8, 4) is 0 Å². The second-order valence-electron chi connectivity index (χ2n) is 8.21. The van der Waals surface area contributed by atoms with Gasteiger partial charge in [0.25, 0.3) is 0 Å². The number of nitrogens with one attached hydrogen (secondary N) is 1. The number of rotatable bonds is 6. The van der Waals surface area contributed by atoms with Crippen LogP contribution in [0.4, 0.5) is 13.2 Å². The fraction of sp³-hybridized carbons (Fsp3) is 0.500. The number of carbonyl (C=O) groups is 1. The number of benzene rings is 2. The van der Waals surface area contributed by atoms with E-state index in [4.69, 9.17) is 0 Å². The first-order valence-electron chi connectivity index (χ1n) is 9.80. The van der Waals surface area contributed by atoms with E-state index in [9.17, 15) is 18.0 Å². The molecule has 1 aliphatic heterocycles. The van der Waals surface area contributed by atoms with Crippen LogP contribution >= 0.6 is 0 Å². The quantitative estimate of drug-likeness (QED) is 0.654. The molecular formula is C22H27F3N2O. The number of hydrogen-bond donors (Lipinski definition) is 1. The highest BCUT2D eigenvalue weighted by atomic mass is 19.4. The minimum absolute atomic E-state index is 0.00757. The molecule has 152 valence electrons. The first-order chi connectivity index (χ1) is 13.1. The summed E-state index contributed by atoms with van der Waals surface area (Å²) in [4.78, 5) is 12.2. The zero-order valence-corrected chi connectivity index (χ0v) is 16.6. The summed E-state index contributed by atoms with van der Waals surface area (Å²) >= 11 is 0. The van der Waals surface area contributed by atoms with E-state index in [-0.39, 0.29) is 18.0 Å². The minimum atomic E-state index is -4.52. The Bertz CT molecular complexity index is 860. The molecule has 0 bridgehead atoms. The van der Waals surface area contributed by atoms with Crippen LogP contribution in [-0.2, 0) is 11.2 Å². The van der Waals surface area contributed by atoms with Crippen LogP contribution < -0.4 is 5.43 Å². The average Bonchev–Trinajstić information content (AvgIpc) is 2.88. The summed E-state index contributed by atoms with van der Waals surface area (Å²) in [7, 11) is 0. The van der Waals surface area contributed by atoms with E-state index in [1.54, 1.807) is 26.0 Å². The van der Waals surface area contributed by atoms with E-state index in [0.29, 0.717) is 17.4 Å². The van der Waals surface area contributed by atoms with Gasteiger partial charge < -0.3 is 0 Å². The zero-order chi connectivity index (χ0) is 20.5. The maximum Gasteiger partial charge on any atom is 0.409 e. The van der Waals surface area contributed by atoms with Gasteiger partial charge in [-0.3, -0.25) is 10.2 Å². The van der Waals surface area contributed by atoms with Gasteiger partial charge >= 0.3 is 6.18 Å². The van der Waals surface area contributed by atoms with E-state index < -0.39 is 17.6 Å². The summed E-state index contributed by atoms with van der Waals surface area (Å²) in [5.41, 5.74) is 2.58. The van der Waals surface area contributed by atoms with Crippen molar-refractivity contribution in [1.82, 2.24) is 10.4 Å². The topological polar surface area (TPSA) is 32.3 Å². The first kappa shape index (κ1) is 20.6. The van der Waals surface area contributed by atoms with Gasteiger partial charge in [-0.2, -0.15) is 13.2 Å². The molecular weight excluding hydrogens is 365 g/mol. The van der Waals surface area contributed by atoms with Crippen molar-refractivity contribution in [2.24, 2.45) is 5.41 Å². The van der Waals surface area contributed by atoms with Crippen LogP contribution in [-0.4, -0.2) is 23.6 Å². The van der Waals surface area contributed by atoms with Gasteiger partial charge in [-0.15, -0.1) is 0 Å². The highest BCUT2D eigenvalue weighted by molar-refractivity contribution is 5.88. The second kappa shape index (κ2) is 7.74. The molecule has 3 rings (SSSR count). The maximum absolute atomic E-state index is 14.3. The molecule has 2 aromatic rings. The number of hydrazine groups is 1. The second-order valence-corrected chi connectivity index (χ2v) is 8.21. The molecule has 6 heteroatoms. The van der Waals surface area contributed by atoms with Crippen LogP contribution in [0.3, 0.4) is 0 Å². The molecule has 0 saturated carbocycles. The van der Waals surface area contributed by atoms with Gasteiger partial charge in [-0.1, -0.05) is 56.2 Å². The van der Waals surface area contributed by atoms with Gasteiger partial charge in [0.15, 0.2) is 6.04 Å². The van der Waals surface area contributed by atoms with Crippen molar-refractivity contribution in [2.75, 3.05) is 6.54 Å². The minimum Gasteiger partial charge on any atom is -0.287 e. The molecule has 0 spiro atoms. The summed E-state index contributed by atoms with van der Waals surface area (Å²) in [6.07, 6.45) is -1.12. The Morgan fingerprint density at radius 1 is 1.14 bits per heavy atom.